The first-order valence-electron chi connectivity index (χ1n) is 5.78. The Bertz CT molecular complexity index is 599. The number of carbonyl (C=O) groups is 1. The summed E-state index contributed by atoms with van der Waals surface area (Å²) >= 11 is 0. The minimum Gasteiger partial charge on any atom is -0.369 e. The molecular weight excluding hydrogens is 260 g/mol. The molecule has 2 rings (SSSR count). The van der Waals surface area contributed by atoms with Crippen molar-refractivity contribution in [2.75, 3.05) is 5.75 Å². The molecule has 19 heavy (non-hydrogen) atoms. The van der Waals surface area contributed by atoms with Crippen LogP contribution in [-0.2, 0) is 21.3 Å². The summed E-state index contributed by atoms with van der Waals surface area (Å²) < 4.78 is 11.7. The summed E-state index contributed by atoms with van der Waals surface area (Å²) in [6.07, 6.45) is 3.49. The molecule has 1 aromatic carbocycles. The maximum atomic E-state index is 11.7. The van der Waals surface area contributed by atoms with E-state index in [1.165, 1.54) is 0 Å². The van der Waals surface area contributed by atoms with Crippen LogP contribution in [0, 0.1) is 0 Å². The highest BCUT2D eigenvalue weighted by atomic mass is 32.2. The van der Waals surface area contributed by atoms with Crippen molar-refractivity contribution in [3.8, 4) is 11.1 Å². The van der Waals surface area contributed by atoms with Crippen LogP contribution >= 0.6 is 0 Å². The Morgan fingerprint density at radius 1 is 1.21 bits per heavy atom. The average molecular weight is 274 g/mol. The molecule has 0 fully saturated rings. The second-order valence-electron chi connectivity index (χ2n) is 4.14. The van der Waals surface area contributed by atoms with Crippen molar-refractivity contribution in [1.29, 1.82) is 0 Å². The average Bonchev–Trinajstić information content (AvgIpc) is 2.39. The standard InChI is InChI=1S/C14H14N2O2S/c15-14(17)10-19(18)9-11-3-1-4-12(7-11)13-5-2-6-16-8-13/h1-8H,9-10H2,(H2,15,17). The lowest BCUT2D eigenvalue weighted by Gasteiger charge is -2.05. The molecule has 0 bridgehead atoms. The Balaban J connectivity index is 2.16. The fraction of sp³-hybridized carbons (Fsp3) is 0.143. The van der Waals surface area contributed by atoms with Crippen LogP contribution in [0.4, 0.5) is 0 Å². The number of amides is 1. The number of nitrogens with zero attached hydrogens (tertiary/aromatic N) is 1. The maximum absolute atomic E-state index is 11.7. The van der Waals surface area contributed by atoms with Gasteiger partial charge in [-0.25, -0.2) is 0 Å². The van der Waals surface area contributed by atoms with E-state index in [1.54, 1.807) is 12.4 Å². The van der Waals surface area contributed by atoms with Gasteiger partial charge >= 0.3 is 0 Å². The van der Waals surface area contributed by atoms with Gasteiger partial charge in [0.2, 0.25) is 5.91 Å². The predicted octanol–water partition coefficient (Wildman–Crippen LogP) is 1.48. The molecule has 0 spiro atoms. The van der Waals surface area contributed by atoms with Crippen molar-refractivity contribution in [3.63, 3.8) is 0 Å². The Morgan fingerprint density at radius 3 is 2.68 bits per heavy atom. The lowest BCUT2D eigenvalue weighted by Crippen LogP contribution is -2.20. The highest BCUT2D eigenvalue weighted by Gasteiger charge is 2.06. The van der Waals surface area contributed by atoms with Crippen molar-refractivity contribution >= 4 is 16.7 Å². The second kappa shape index (κ2) is 6.24. The molecule has 1 amide bonds. The number of benzene rings is 1. The van der Waals surface area contributed by atoms with Gasteiger partial charge in [-0.15, -0.1) is 0 Å². The first-order valence-corrected chi connectivity index (χ1v) is 7.26. The summed E-state index contributed by atoms with van der Waals surface area (Å²) in [5.41, 5.74) is 7.97. The molecule has 1 atom stereocenters. The second-order valence-corrected chi connectivity index (χ2v) is 5.59. The van der Waals surface area contributed by atoms with Crippen LogP contribution in [0.15, 0.2) is 48.8 Å². The summed E-state index contributed by atoms with van der Waals surface area (Å²) in [5, 5.41) is 0. The fourth-order valence-electron chi connectivity index (χ4n) is 1.77. The van der Waals surface area contributed by atoms with Gasteiger partial charge in [-0.3, -0.25) is 14.0 Å². The molecule has 1 heterocycles. The van der Waals surface area contributed by atoms with Crippen LogP contribution in [0.1, 0.15) is 5.56 Å². The van der Waals surface area contributed by atoms with Crippen molar-refractivity contribution in [2.24, 2.45) is 5.73 Å². The molecule has 4 nitrogen and oxygen atoms in total. The first-order chi connectivity index (χ1) is 9.15. The number of hydrogen-bond acceptors (Lipinski definition) is 3. The van der Waals surface area contributed by atoms with Crippen LogP contribution in [0.2, 0.25) is 0 Å². The number of rotatable bonds is 5. The zero-order chi connectivity index (χ0) is 13.7. The Hall–Kier alpha value is -2.01. The first kappa shape index (κ1) is 13.4. The van der Waals surface area contributed by atoms with Crippen molar-refractivity contribution in [1.82, 2.24) is 4.98 Å². The highest BCUT2D eigenvalue weighted by Crippen LogP contribution is 2.19. The quantitative estimate of drug-likeness (QED) is 0.897. The molecule has 0 aliphatic heterocycles. The van der Waals surface area contributed by atoms with E-state index >= 15 is 0 Å². The zero-order valence-electron chi connectivity index (χ0n) is 10.3. The minimum absolute atomic E-state index is 0.100. The topological polar surface area (TPSA) is 73.1 Å². The van der Waals surface area contributed by atoms with Gasteiger partial charge in [0, 0.05) is 28.9 Å². The lowest BCUT2D eigenvalue weighted by atomic mass is 10.1. The van der Waals surface area contributed by atoms with Gasteiger partial charge in [0.1, 0.15) is 5.75 Å². The van der Waals surface area contributed by atoms with Crippen LogP contribution in [0.25, 0.3) is 11.1 Å². The van der Waals surface area contributed by atoms with Crippen molar-refractivity contribution in [2.45, 2.75) is 5.75 Å². The number of nitrogens with two attached hydrogens (primary N) is 1. The molecule has 0 aliphatic rings. The largest absolute Gasteiger partial charge is 0.369 e. The van der Waals surface area contributed by atoms with E-state index in [1.807, 2.05) is 36.4 Å². The van der Waals surface area contributed by atoms with Gasteiger partial charge in [-0.2, -0.15) is 0 Å². The third kappa shape index (κ3) is 3.99. The fourth-order valence-corrected chi connectivity index (χ4v) is 2.74. The van der Waals surface area contributed by atoms with Crippen molar-refractivity contribution in [3.05, 3.63) is 54.4 Å². The molecule has 98 valence electrons. The van der Waals surface area contributed by atoms with E-state index in [2.05, 4.69) is 4.98 Å². The maximum Gasteiger partial charge on any atom is 0.230 e. The number of hydrogen-bond donors (Lipinski definition) is 1. The number of aromatic nitrogens is 1. The number of primary amides is 1. The normalized spacial score (nSPS) is 12.0. The molecular formula is C14H14N2O2S. The SMILES string of the molecule is NC(=O)CS(=O)Cc1cccc(-c2cccnc2)c1. The number of pyridine rings is 1. The highest BCUT2D eigenvalue weighted by molar-refractivity contribution is 7.84. The Morgan fingerprint density at radius 2 is 2.00 bits per heavy atom. The van der Waals surface area contributed by atoms with E-state index < -0.39 is 16.7 Å². The predicted molar refractivity (Wildman–Crippen MR) is 75.6 cm³/mol. The van der Waals surface area contributed by atoms with Crippen LogP contribution in [-0.4, -0.2) is 20.9 Å². The smallest absolute Gasteiger partial charge is 0.230 e. The third-order valence-electron chi connectivity index (χ3n) is 2.55. The van der Waals surface area contributed by atoms with E-state index in [0.29, 0.717) is 5.75 Å². The molecule has 0 radical (unpaired) electrons. The Labute approximate surface area is 114 Å². The van der Waals surface area contributed by atoms with Gasteiger partial charge in [0.05, 0.1) is 0 Å². The molecule has 5 heteroatoms. The van der Waals surface area contributed by atoms with Crippen LogP contribution < -0.4 is 5.73 Å². The van der Waals surface area contributed by atoms with Crippen molar-refractivity contribution < 1.29 is 9.00 Å². The van der Waals surface area contributed by atoms with Crippen LogP contribution in [0.5, 0.6) is 0 Å². The molecule has 0 saturated carbocycles. The van der Waals surface area contributed by atoms with Crippen LogP contribution in [0.3, 0.4) is 0 Å². The minimum atomic E-state index is -1.26. The molecule has 0 aliphatic carbocycles. The van der Waals surface area contributed by atoms with Gasteiger partial charge < -0.3 is 5.73 Å². The van der Waals surface area contributed by atoms with Gasteiger partial charge in [-0.05, 0) is 22.8 Å². The monoisotopic (exact) mass is 274 g/mol. The van der Waals surface area contributed by atoms with E-state index in [-0.39, 0.29) is 5.75 Å². The summed E-state index contributed by atoms with van der Waals surface area (Å²) in [5.74, 6) is -0.310. The number of carbonyl (C=O) groups excluding carboxylic acids is 1. The molecule has 2 N–H and O–H groups in total. The summed E-state index contributed by atoms with van der Waals surface area (Å²) in [6.45, 7) is 0. The summed E-state index contributed by atoms with van der Waals surface area (Å²) in [7, 11) is -1.26. The lowest BCUT2D eigenvalue weighted by molar-refractivity contribution is -0.115. The third-order valence-corrected chi connectivity index (χ3v) is 3.81. The van der Waals surface area contributed by atoms with Gasteiger partial charge in [0.25, 0.3) is 0 Å². The molecule has 1 aromatic heterocycles. The molecule has 2 aromatic rings. The van der Waals surface area contributed by atoms with Gasteiger partial charge in [0.15, 0.2) is 0 Å². The van der Waals surface area contributed by atoms with E-state index in [4.69, 9.17) is 5.73 Å². The molecule has 0 saturated heterocycles. The van der Waals surface area contributed by atoms with E-state index in [9.17, 15) is 9.00 Å². The molecule has 1 unspecified atom stereocenters. The van der Waals surface area contributed by atoms with Gasteiger partial charge in [-0.1, -0.05) is 30.3 Å². The summed E-state index contributed by atoms with van der Waals surface area (Å²) in [4.78, 5) is 14.8. The zero-order valence-corrected chi connectivity index (χ0v) is 11.1. The Kier molecular flexibility index (Phi) is 4.41. The van der Waals surface area contributed by atoms with E-state index in [0.717, 1.165) is 16.7 Å². The summed E-state index contributed by atoms with van der Waals surface area (Å²) in [6, 6.07) is 11.5.